The summed E-state index contributed by atoms with van der Waals surface area (Å²) in [6.45, 7) is 5.02. The van der Waals surface area contributed by atoms with Crippen LogP contribution < -0.4 is 5.73 Å². The van der Waals surface area contributed by atoms with Crippen molar-refractivity contribution in [2.45, 2.75) is 32.7 Å². The summed E-state index contributed by atoms with van der Waals surface area (Å²) in [5.74, 6) is 0.148. The molecule has 2 N–H and O–H groups in total. The number of amides is 1. The van der Waals surface area contributed by atoms with E-state index in [1.54, 1.807) is 17.9 Å². The number of nitro benzene ring substituents is 1. The Morgan fingerprint density at radius 2 is 2.19 bits per heavy atom. The van der Waals surface area contributed by atoms with Crippen LogP contribution in [0, 0.1) is 23.0 Å². The van der Waals surface area contributed by atoms with E-state index in [9.17, 15) is 14.9 Å². The van der Waals surface area contributed by atoms with Crippen molar-refractivity contribution < 1.29 is 9.72 Å². The minimum Gasteiger partial charge on any atom is -0.338 e. The zero-order valence-corrected chi connectivity index (χ0v) is 12.4. The van der Waals surface area contributed by atoms with Crippen LogP contribution in [0.4, 0.5) is 5.69 Å². The van der Waals surface area contributed by atoms with E-state index in [-0.39, 0.29) is 17.6 Å². The monoisotopic (exact) mass is 291 g/mol. The standard InChI is InChI=1S/C15H21N3O3/c1-10-6-13(8-14(7-10)18(20)21)15(19)17-5-3-4-12(9-17)11(2)16/h6-8,11-12H,3-5,9,16H2,1-2H3. The summed E-state index contributed by atoms with van der Waals surface area (Å²) in [5.41, 5.74) is 6.98. The highest BCUT2D eigenvalue weighted by Crippen LogP contribution is 2.23. The van der Waals surface area contributed by atoms with Gasteiger partial charge in [0.05, 0.1) is 4.92 Å². The van der Waals surface area contributed by atoms with Crippen LogP contribution in [-0.2, 0) is 0 Å². The van der Waals surface area contributed by atoms with E-state index < -0.39 is 4.92 Å². The predicted octanol–water partition coefficient (Wildman–Crippen LogP) is 2.10. The van der Waals surface area contributed by atoms with Crippen molar-refractivity contribution in [2.24, 2.45) is 11.7 Å². The van der Waals surface area contributed by atoms with E-state index in [0.717, 1.165) is 12.8 Å². The molecule has 1 aromatic rings. The number of rotatable bonds is 3. The molecule has 1 aliphatic rings. The maximum atomic E-state index is 12.6. The smallest absolute Gasteiger partial charge is 0.270 e. The van der Waals surface area contributed by atoms with Crippen LogP contribution in [0.1, 0.15) is 35.7 Å². The van der Waals surface area contributed by atoms with Crippen LogP contribution in [0.15, 0.2) is 18.2 Å². The largest absolute Gasteiger partial charge is 0.338 e. The number of carbonyl (C=O) groups excluding carboxylic acids is 1. The number of nitrogens with two attached hydrogens (primary N) is 1. The SMILES string of the molecule is Cc1cc(C(=O)N2CCCC(C(C)N)C2)cc([N+](=O)[O-])c1. The zero-order valence-electron chi connectivity index (χ0n) is 12.4. The number of nitrogens with zero attached hydrogens (tertiary/aromatic N) is 2. The van der Waals surface area contributed by atoms with Gasteiger partial charge < -0.3 is 10.6 Å². The van der Waals surface area contributed by atoms with Crippen LogP contribution in [0.5, 0.6) is 0 Å². The lowest BCUT2D eigenvalue weighted by Crippen LogP contribution is -2.45. The molecule has 21 heavy (non-hydrogen) atoms. The van der Waals surface area contributed by atoms with Crippen molar-refractivity contribution in [2.75, 3.05) is 13.1 Å². The molecular formula is C15H21N3O3. The van der Waals surface area contributed by atoms with Gasteiger partial charge in [-0.15, -0.1) is 0 Å². The number of benzene rings is 1. The Morgan fingerprint density at radius 1 is 1.48 bits per heavy atom. The Balaban J connectivity index is 2.21. The van der Waals surface area contributed by atoms with Crippen LogP contribution in [0.2, 0.25) is 0 Å². The van der Waals surface area contributed by atoms with Gasteiger partial charge in [0.1, 0.15) is 0 Å². The van der Waals surface area contributed by atoms with E-state index >= 15 is 0 Å². The summed E-state index contributed by atoms with van der Waals surface area (Å²) < 4.78 is 0. The maximum absolute atomic E-state index is 12.6. The molecule has 1 saturated heterocycles. The fraction of sp³-hybridized carbons (Fsp3) is 0.533. The van der Waals surface area contributed by atoms with Crippen LogP contribution in [-0.4, -0.2) is 34.9 Å². The zero-order chi connectivity index (χ0) is 15.6. The molecule has 0 radical (unpaired) electrons. The normalized spacial score (nSPS) is 20.1. The average molecular weight is 291 g/mol. The highest BCUT2D eigenvalue weighted by Gasteiger charge is 2.27. The molecule has 0 bridgehead atoms. The highest BCUT2D eigenvalue weighted by molar-refractivity contribution is 5.95. The lowest BCUT2D eigenvalue weighted by Gasteiger charge is -2.34. The first-order valence-corrected chi connectivity index (χ1v) is 7.19. The number of aryl methyl sites for hydroxylation is 1. The third-order valence-electron chi connectivity index (χ3n) is 4.01. The third kappa shape index (κ3) is 3.58. The van der Waals surface area contributed by atoms with Gasteiger partial charge in [-0.25, -0.2) is 0 Å². The van der Waals surface area contributed by atoms with Crippen LogP contribution in [0.25, 0.3) is 0 Å². The van der Waals surface area contributed by atoms with Crippen molar-refractivity contribution >= 4 is 11.6 Å². The van der Waals surface area contributed by atoms with E-state index in [1.807, 2.05) is 6.92 Å². The Bertz CT molecular complexity index is 557. The second-order valence-electron chi connectivity index (χ2n) is 5.83. The second kappa shape index (κ2) is 6.22. The van der Waals surface area contributed by atoms with Crippen molar-refractivity contribution in [3.8, 4) is 0 Å². The fourth-order valence-corrected chi connectivity index (χ4v) is 2.80. The quantitative estimate of drug-likeness (QED) is 0.682. The summed E-state index contributed by atoms with van der Waals surface area (Å²) in [4.78, 5) is 24.8. The number of hydrogen-bond donors (Lipinski definition) is 1. The molecular weight excluding hydrogens is 270 g/mol. The topological polar surface area (TPSA) is 89.5 Å². The molecule has 0 spiro atoms. The van der Waals surface area contributed by atoms with E-state index in [1.165, 1.54) is 12.1 Å². The van der Waals surface area contributed by atoms with Gasteiger partial charge in [-0.2, -0.15) is 0 Å². The molecule has 1 amide bonds. The van der Waals surface area contributed by atoms with Crippen molar-refractivity contribution in [1.29, 1.82) is 0 Å². The van der Waals surface area contributed by atoms with Crippen LogP contribution in [0.3, 0.4) is 0 Å². The lowest BCUT2D eigenvalue weighted by atomic mass is 9.92. The first-order valence-electron chi connectivity index (χ1n) is 7.19. The van der Waals surface area contributed by atoms with E-state index in [2.05, 4.69) is 0 Å². The highest BCUT2D eigenvalue weighted by atomic mass is 16.6. The number of non-ortho nitro benzene ring substituents is 1. The first kappa shape index (κ1) is 15.4. The van der Waals surface area contributed by atoms with Crippen molar-refractivity contribution in [1.82, 2.24) is 4.90 Å². The molecule has 2 rings (SSSR count). The van der Waals surface area contributed by atoms with Gasteiger partial charge in [-0.1, -0.05) is 0 Å². The number of likely N-dealkylation sites (tertiary alicyclic amines) is 1. The molecule has 1 heterocycles. The molecule has 2 unspecified atom stereocenters. The number of nitro groups is 1. The summed E-state index contributed by atoms with van der Waals surface area (Å²) in [6, 6.07) is 4.57. The molecule has 114 valence electrons. The molecule has 6 heteroatoms. The maximum Gasteiger partial charge on any atom is 0.270 e. The van der Waals surface area contributed by atoms with Crippen molar-refractivity contribution in [3.63, 3.8) is 0 Å². The molecule has 0 aliphatic carbocycles. The van der Waals surface area contributed by atoms with Gasteiger partial charge >= 0.3 is 0 Å². The molecule has 0 saturated carbocycles. The molecule has 0 aromatic heterocycles. The second-order valence-corrected chi connectivity index (χ2v) is 5.83. The Kier molecular flexibility index (Phi) is 4.57. The van der Waals surface area contributed by atoms with Gasteiger partial charge in [0.25, 0.3) is 11.6 Å². The number of piperidine rings is 1. The molecule has 1 aromatic carbocycles. The van der Waals surface area contributed by atoms with E-state index in [0.29, 0.717) is 30.1 Å². The number of carbonyl (C=O) groups is 1. The van der Waals surface area contributed by atoms with Crippen molar-refractivity contribution in [3.05, 3.63) is 39.4 Å². The summed E-state index contributed by atoms with van der Waals surface area (Å²) >= 11 is 0. The molecule has 1 aliphatic heterocycles. The van der Waals surface area contributed by atoms with Crippen LogP contribution >= 0.6 is 0 Å². The minimum atomic E-state index is -0.468. The number of hydrogen-bond acceptors (Lipinski definition) is 4. The fourth-order valence-electron chi connectivity index (χ4n) is 2.80. The van der Waals surface area contributed by atoms with Gasteiger partial charge in [-0.3, -0.25) is 14.9 Å². The molecule has 6 nitrogen and oxygen atoms in total. The summed E-state index contributed by atoms with van der Waals surface area (Å²) in [6.07, 6.45) is 1.95. The minimum absolute atomic E-state index is 0.0425. The Hall–Kier alpha value is -1.95. The van der Waals surface area contributed by atoms with Gasteiger partial charge in [0.15, 0.2) is 0 Å². The Morgan fingerprint density at radius 3 is 2.81 bits per heavy atom. The van der Waals surface area contributed by atoms with Gasteiger partial charge in [-0.05, 0) is 44.2 Å². The van der Waals surface area contributed by atoms with Gasteiger partial charge in [0, 0.05) is 36.8 Å². The third-order valence-corrected chi connectivity index (χ3v) is 4.01. The summed E-state index contributed by atoms with van der Waals surface area (Å²) in [7, 11) is 0. The van der Waals surface area contributed by atoms with Gasteiger partial charge in [0.2, 0.25) is 0 Å². The average Bonchev–Trinajstić information content (AvgIpc) is 2.45. The molecule has 2 atom stereocenters. The molecule has 1 fully saturated rings. The summed E-state index contributed by atoms with van der Waals surface area (Å²) in [5, 5.41) is 10.9. The predicted molar refractivity (Wildman–Crippen MR) is 80.1 cm³/mol. The first-order chi connectivity index (χ1) is 9.88. The van der Waals surface area contributed by atoms with E-state index in [4.69, 9.17) is 5.73 Å². The lowest BCUT2D eigenvalue weighted by molar-refractivity contribution is -0.384. The Labute approximate surface area is 124 Å².